The van der Waals surface area contributed by atoms with Crippen LogP contribution in [0, 0.1) is 0 Å². The van der Waals surface area contributed by atoms with Gasteiger partial charge in [0, 0.05) is 26.2 Å². The van der Waals surface area contributed by atoms with E-state index in [-0.39, 0.29) is 6.04 Å². The van der Waals surface area contributed by atoms with Crippen LogP contribution in [0.4, 0.5) is 0 Å². The fourth-order valence-corrected chi connectivity index (χ4v) is 2.77. The second-order valence-corrected chi connectivity index (χ2v) is 5.04. The Labute approximate surface area is 105 Å². The first-order valence-corrected chi connectivity index (χ1v) is 6.44. The summed E-state index contributed by atoms with van der Waals surface area (Å²) in [4.78, 5) is 4.59. The Morgan fingerprint density at radius 2 is 2.29 bits per heavy atom. The van der Waals surface area contributed by atoms with Crippen LogP contribution in [0.1, 0.15) is 11.4 Å². The zero-order chi connectivity index (χ0) is 12.1. The predicted molar refractivity (Wildman–Crippen MR) is 70.9 cm³/mol. The van der Waals surface area contributed by atoms with Gasteiger partial charge in [0.25, 0.3) is 0 Å². The van der Waals surface area contributed by atoms with Crippen molar-refractivity contribution in [3.8, 4) is 0 Å². The number of para-hydroxylation sites is 1. The van der Waals surface area contributed by atoms with Crippen LogP contribution in [0.5, 0.6) is 0 Å². The zero-order valence-electron chi connectivity index (χ0n) is 9.85. The largest absolute Gasteiger partial charge is 0.385 e. The molecule has 4 nitrogen and oxygen atoms in total. The highest BCUT2D eigenvalue weighted by Gasteiger charge is 2.11. The molecule has 0 saturated heterocycles. The summed E-state index contributed by atoms with van der Waals surface area (Å²) in [5.41, 5.74) is 3.88. The number of hydrogen-bond donors (Lipinski definition) is 2. The third kappa shape index (κ3) is 3.23. The van der Waals surface area contributed by atoms with Gasteiger partial charge >= 0.3 is 0 Å². The smallest absolute Gasteiger partial charge is 0.0954 e. The Morgan fingerprint density at radius 1 is 1.47 bits per heavy atom. The van der Waals surface area contributed by atoms with E-state index < -0.39 is 0 Å². The zero-order valence-corrected chi connectivity index (χ0v) is 10.7. The number of benzene rings is 1. The Hall–Kier alpha value is -1.01. The number of methoxy groups -OCH3 is 1. The highest BCUT2D eigenvalue weighted by Crippen LogP contribution is 2.22. The first-order chi connectivity index (χ1) is 8.33. The maximum atomic E-state index is 5.53. The topological polar surface area (TPSA) is 60.2 Å². The van der Waals surface area contributed by atoms with Crippen molar-refractivity contribution < 1.29 is 4.74 Å². The lowest BCUT2D eigenvalue weighted by atomic mass is 10.1. The van der Waals surface area contributed by atoms with Gasteiger partial charge in [0.15, 0.2) is 0 Å². The summed E-state index contributed by atoms with van der Waals surface area (Å²) in [6.07, 6.45) is 1.74. The minimum atomic E-state index is 0.218. The van der Waals surface area contributed by atoms with Crippen LogP contribution in [-0.4, -0.2) is 24.7 Å². The highest BCUT2D eigenvalue weighted by molar-refractivity contribution is 7.18. The number of nitrogens with one attached hydrogen (secondary N) is 1. The molecular weight excluding hydrogens is 234 g/mol. The molecule has 2 rings (SSSR count). The minimum Gasteiger partial charge on any atom is -0.385 e. The average molecular weight is 251 g/mol. The second kappa shape index (κ2) is 6.07. The monoisotopic (exact) mass is 251 g/mol. The van der Waals surface area contributed by atoms with Gasteiger partial charge in [0.2, 0.25) is 0 Å². The number of thiazole rings is 1. The van der Waals surface area contributed by atoms with Gasteiger partial charge in [-0.05, 0) is 18.6 Å². The van der Waals surface area contributed by atoms with E-state index >= 15 is 0 Å². The molecule has 0 aliphatic heterocycles. The number of aromatic nitrogens is 1. The van der Waals surface area contributed by atoms with Crippen molar-refractivity contribution in [1.29, 1.82) is 0 Å². The van der Waals surface area contributed by atoms with E-state index in [2.05, 4.69) is 16.5 Å². The standard InChI is InChI=1S/C12H17N3OS/c1-16-7-6-9(15-13)8-12-14-10-4-2-3-5-11(10)17-12/h2-5,9,15H,6-8,13H2,1H3. The normalized spacial score (nSPS) is 13.1. The number of hydrogen-bond acceptors (Lipinski definition) is 5. The summed E-state index contributed by atoms with van der Waals surface area (Å²) in [7, 11) is 1.70. The molecule has 1 heterocycles. The first-order valence-electron chi connectivity index (χ1n) is 5.63. The van der Waals surface area contributed by atoms with E-state index in [9.17, 15) is 0 Å². The molecule has 1 aromatic carbocycles. The van der Waals surface area contributed by atoms with E-state index in [0.29, 0.717) is 6.61 Å². The highest BCUT2D eigenvalue weighted by atomic mass is 32.1. The molecule has 0 spiro atoms. The molecule has 0 fully saturated rings. The van der Waals surface area contributed by atoms with Crippen LogP contribution in [0.2, 0.25) is 0 Å². The molecule has 0 aliphatic rings. The van der Waals surface area contributed by atoms with E-state index in [0.717, 1.165) is 23.4 Å². The van der Waals surface area contributed by atoms with Crippen LogP contribution < -0.4 is 11.3 Å². The van der Waals surface area contributed by atoms with Gasteiger partial charge in [0.1, 0.15) is 0 Å². The van der Waals surface area contributed by atoms with Gasteiger partial charge in [-0.25, -0.2) is 4.98 Å². The van der Waals surface area contributed by atoms with Crippen molar-refractivity contribution in [3.63, 3.8) is 0 Å². The molecule has 92 valence electrons. The number of hydrazine groups is 1. The number of nitrogens with zero attached hydrogens (tertiary/aromatic N) is 1. The van der Waals surface area contributed by atoms with E-state index in [1.165, 1.54) is 4.70 Å². The van der Waals surface area contributed by atoms with Crippen molar-refractivity contribution in [2.75, 3.05) is 13.7 Å². The fourth-order valence-electron chi connectivity index (χ4n) is 1.72. The van der Waals surface area contributed by atoms with Crippen LogP contribution in [-0.2, 0) is 11.2 Å². The predicted octanol–water partition coefficient (Wildman–Crippen LogP) is 1.71. The Morgan fingerprint density at radius 3 is 3.00 bits per heavy atom. The van der Waals surface area contributed by atoms with Crippen molar-refractivity contribution in [2.24, 2.45) is 5.84 Å². The molecule has 1 atom stereocenters. The van der Waals surface area contributed by atoms with E-state index in [4.69, 9.17) is 10.6 Å². The molecule has 17 heavy (non-hydrogen) atoms. The van der Waals surface area contributed by atoms with Crippen LogP contribution in [0.15, 0.2) is 24.3 Å². The van der Waals surface area contributed by atoms with Crippen molar-refractivity contribution >= 4 is 21.6 Å². The maximum absolute atomic E-state index is 5.53. The number of ether oxygens (including phenoxy) is 1. The molecule has 0 bridgehead atoms. The van der Waals surface area contributed by atoms with Crippen LogP contribution in [0.3, 0.4) is 0 Å². The van der Waals surface area contributed by atoms with Crippen LogP contribution >= 0.6 is 11.3 Å². The molecule has 5 heteroatoms. The Bertz CT molecular complexity index is 438. The molecule has 3 N–H and O–H groups in total. The molecular formula is C12H17N3OS. The van der Waals surface area contributed by atoms with Crippen molar-refractivity contribution in [3.05, 3.63) is 29.3 Å². The fraction of sp³-hybridized carbons (Fsp3) is 0.417. The molecule has 1 aromatic heterocycles. The molecule has 0 saturated carbocycles. The third-order valence-electron chi connectivity index (χ3n) is 2.67. The lowest BCUT2D eigenvalue weighted by molar-refractivity contribution is 0.182. The van der Waals surface area contributed by atoms with Crippen molar-refractivity contribution in [1.82, 2.24) is 10.4 Å². The number of nitrogens with two attached hydrogens (primary N) is 1. The quantitative estimate of drug-likeness (QED) is 0.606. The van der Waals surface area contributed by atoms with Crippen molar-refractivity contribution in [2.45, 2.75) is 18.9 Å². The van der Waals surface area contributed by atoms with Gasteiger partial charge in [0.05, 0.1) is 15.2 Å². The summed E-state index contributed by atoms with van der Waals surface area (Å²) >= 11 is 1.73. The summed E-state index contributed by atoms with van der Waals surface area (Å²) in [5.74, 6) is 5.53. The molecule has 2 aromatic rings. The average Bonchev–Trinajstić information content (AvgIpc) is 2.76. The van der Waals surface area contributed by atoms with Crippen LogP contribution in [0.25, 0.3) is 10.2 Å². The second-order valence-electron chi connectivity index (χ2n) is 3.92. The molecule has 0 amide bonds. The Kier molecular flexibility index (Phi) is 4.44. The lowest BCUT2D eigenvalue weighted by Gasteiger charge is -2.13. The molecule has 0 radical (unpaired) electrons. The molecule has 1 unspecified atom stereocenters. The number of fused-ring (bicyclic) bond motifs is 1. The molecule has 0 aliphatic carbocycles. The van der Waals surface area contributed by atoms with Gasteiger partial charge in [-0.15, -0.1) is 11.3 Å². The van der Waals surface area contributed by atoms with Gasteiger partial charge in [-0.3, -0.25) is 11.3 Å². The lowest BCUT2D eigenvalue weighted by Crippen LogP contribution is -2.37. The minimum absolute atomic E-state index is 0.218. The third-order valence-corrected chi connectivity index (χ3v) is 3.72. The summed E-state index contributed by atoms with van der Waals surface area (Å²) in [6.45, 7) is 0.708. The maximum Gasteiger partial charge on any atom is 0.0954 e. The summed E-state index contributed by atoms with van der Waals surface area (Å²) in [6, 6.07) is 8.39. The van der Waals surface area contributed by atoms with Gasteiger partial charge in [-0.2, -0.15) is 0 Å². The van der Waals surface area contributed by atoms with E-state index in [1.54, 1.807) is 18.4 Å². The first kappa shape index (κ1) is 12.4. The number of rotatable bonds is 6. The Balaban J connectivity index is 2.06. The summed E-state index contributed by atoms with van der Waals surface area (Å²) in [5, 5.41) is 1.12. The van der Waals surface area contributed by atoms with Gasteiger partial charge < -0.3 is 4.74 Å². The van der Waals surface area contributed by atoms with E-state index in [1.807, 2.05) is 18.2 Å². The van der Waals surface area contributed by atoms with Gasteiger partial charge in [-0.1, -0.05) is 12.1 Å². The SMILES string of the molecule is COCCC(Cc1nc2ccccc2s1)NN. The summed E-state index contributed by atoms with van der Waals surface area (Å²) < 4.78 is 6.29.